The lowest BCUT2D eigenvalue weighted by molar-refractivity contribution is -0.144. The van der Waals surface area contributed by atoms with E-state index in [4.69, 9.17) is 4.74 Å². The fraction of sp³-hybridized carbons (Fsp3) is 0.700. The van der Waals surface area contributed by atoms with Crippen molar-refractivity contribution in [2.75, 3.05) is 12.9 Å². The number of nitrogens with zero attached hydrogens (tertiary/aromatic N) is 1. The molecule has 0 bridgehead atoms. The van der Waals surface area contributed by atoms with E-state index in [-0.39, 0.29) is 5.75 Å². The Hall–Kier alpha value is -1.24. The normalized spacial score (nSPS) is 20.4. The van der Waals surface area contributed by atoms with Gasteiger partial charge in [0.25, 0.3) is 5.24 Å². The highest BCUT2D eigenvalue weighted by Gasteiger charge is 2.43. The van der Waals surface area contributed by atoms with Crippen LogP contribution in [0.15, 0.2) is 0 Å². The van der Waals surface area contributed by atoms with Gasteiger partial charge in [-0.1, -0.05) is 11.8 Å². The Kier molecular flexibility index (Phi) is 4.03. The van der Waals surface area contributed by atoms with Crippen molar-refractivity contribution in [3.05, 3.63) is 0 Å². The van der Waals surface area contributed by atoms with Gasteiger partial charge in [-0.3, -0.25) is 4.79 Å². The van der Waals surface area contributed by atoms with Gasteiger partial charge in [0.2, 0.25) is 0 Å². The molecule has 1 aliphatic rings. The number of amides is 2. The van der Waals surface area contributed by atoms with E-state index in [0.717, 1.165) is 16.7 Å². The fourth-order valence-electron chi connectivity index (χ4n) is 1.24. The third kappa shape index (κ3) is 3.36. The molecule has 2 amide bonds. The van der Waals surface area contributed by atoms with E-state index in [9.17, 15) is 14.4 Å². The standard InChI is InChI=1S/C10H15NO5S/c1-10(2,3)16-8(13)11-6(7(12)15-4)5-17-9(11)14/h6H,5H2,1-4H3. The summed E-state index contributed by atoms with van der Waals surface area (Å²) in [6.07, 6.45) is -0.817. The van der Waals surface area contributed by atoms with Crippen molar-refractivity contribution in [3.63, 3.8) is 0 Å². The number of thioether (sulfide) groups is 1. The molecule has 1 atom stereocenters. The fourth-order valence-corrected chi connectivity index (χ4v) is 2.17. The monoisotopic (exact) mass is 261 g/mol. The highest BCUT2D eigenvalue weighted by Crippen LogP contribution is 2.26. The molecule has 0 spiro atoms. The quantitative estimate of drug-likeness (QED) is 0.668. The number of esters is 1. The Morgan fingerprint density at radius 3 is 2.47 bits per heavy atom. The first-order valence-corrected chi connectivity index (χ1v) is 6.01. The number of hydrogen-bond acceptors (Lipinski definition) is 6. The maximum absolute atomic E-state index is 11.8. The van der Waals surface area contributed by atoms with Crippen LogP contribution in [0, 0.1) is 0 Å². The molecule has 1 aliphatic heterocycles. The maximum Gasteiger partial charge on any atom is 0.418 e. The molecule has 0 N–H and O–H groups in total. The summed E-state index contributed by atoms with van der Waals surface area (Å²) in [4.78, 5) is 35.5. The van der Waals surface area contributed by atoms with Crippen molar-refractivity contribution in [2.45, 2.75) is 32.4 Å². The predicted molar refractivity (Wildman–Crippen MR) is 61.7 cm³/mol. The summed E-state index contributed by atoms with van der Waals surface area (Å²) in [6.45, 7) is 5.06. The lowest BCUT2D eigenvalue weighted by Crippen LogP contribution is -2.46. The van der Waals surface area contributed by atoms with E-state index in [1.807, 2.05) is 0 Å². The van der Waals surface area contributed by atoms with Crippen LogP contribution in [0.3, 0.4) is 0 Å². The highest BCUT2D eigenvalue weighted by atomic mass is 32.2. The molecule has 1 unspecified atom stereocenters. The van der Waals surface area contributed by atoms with Crippen LogP contribution >= 0.6 is 11.8 Å². The zero-order valence-electron chi connectivity index (χ0n) is 10.2. The van der Waals surface area contributed by atoms with E-state index in [1.165, 1.54) is 7.11 Å². The minimum absolute atomic E-state index is 0.199. The van der Waals surface area contributed by atoms with Crippen LogP contribution in [0.1, 0.15) is 20.8 Å². The van der Waals surface area contributed by atoms with Crippen molar-refractivity contribution in [2.24, 2.45) is 0 Å². The van der Waals surface area contributed by atoms with E-state index in [1.54, 1.807) is 20.8 Å². The lowest BCUT2D eigenvalue weighted by atomic mass is 10.2. The number of methoxy groups -OCH3 is 1. The molecule has 1 fully saturated rings. The topological polar surface area (TPSA) is 72.9 Å². The summed E-state index contributed by atoms with van der Waals surface area (Å²) < 4.78 is 9.60. The van der Waals surface area contributed by atoms with Crippen LogP contribution in [0.2, 0.25) is 0 Å². The first kappa shape index (κ1) is 13.8. The van der Waals surface area contributed by atoms with Crippen LogP contribution in [-0.2, 0) is 14.3 Å². The van der Waals surface area contributed by atoms with Crippen LogP contribution in [-0.4, -0.2) is 46.7 Å². The minimum atomic E-state index is -0.896. The van der Waals surface area contributed by atoms with Gasteiger partial charge in [-0.25, -0.2) is 14.5 Å². The second-order valence-electron chi connectivity index (χ2n) is 4.47. The van der Waals surface area contributed by atoms with Crippen LogP contribution in [0.5, 0.6) is 0 Å². The molecule has 7 heteroatoms. The average Bonchev–Trinajstić information content (AvgIpc) is 2.56. The third-order valence-corrected chi connectivity index (χ3v) is 2.86. The van der Waals surface area contributed by atoms with Crippen molar-refractivity contribution < 1.29 is 23.9 Å². The van der Waals surface area contributed by atoms with Gasteiger partial charge >= 0.3 is 12.1 Å². The largest absolute Gasteiger partial charge is 0.467 e. The molecule has 0 aromatic carbocycles. The van der Waals surface area contributed by atoms with E-state index in [2.05, 4.69) is 4.74 Å². The maximum atomic E-state index is 11.8. The zero-order valence-corrected chi connectivity index (χ0v) is 11.0. The number of hydrogen-bond donors (Lipinski definition) is 0. The number of ether oxygens (including phenoxy) is 2. The van der Waals surface area contributed by atoms with Crippen LogP contribution < -0.4 is 0 Å². The molecular weight excluding hydrogens is 246 g/mol. The van der Waals surface area contributed by atoms with Crippen molar-refractivity contribution >= 4 is 29.1 Å². The molecule has 1 saturated heterocycles. The lowest BCUT2D eigenvalue weighted by Gasteiger charge is -2.25. The molecule has 1 heterocycles. The smallest absolute Gasteiger partial charge is 0.418 e. The first-order valence-electron chi connectivity index (χ1n) is 5.03. The van der Waals surface area contributed by atoms with Crippen molar-refractivity contribution in [3.8, 4) is 0 Å². The van der Waals surface area contributed by atoms with Gasteiger partial charge in [0.05, 0.1) is 7.11 Å². The zero-order chi connectivity index (χ0) is 13.2. The van der Waals surface area contributed by atoms with Crippen molar-refractivity contribution in [1.82, 2.24) is 4.90 Å². The Morgan fingerprint density at radius 2 is 2.00 bits per heavy atom. The molecule has 0 aromatic heterocycles. The Bertz CT molecular complexity index is 349. The summed E-state index contributed by atoms with van der Waals surface area (Å²) in [6, 6.07) is -0.896. The Balaban J connectivity index is 2.81. The molecule has 6 nitrogen and oxygen atoms in total. The van der Waals surface area contributed by atoms with E-state index in [0.29, 0.717) is 0 Å². The van der Waals surface area contributed by atoms with Gasteiger partial charge < -0.3 is 9.47 Å². The van der Waals surface area contributed by atoms with E-state index >= 15 is 0 Å². The van der Waals surface area contributed by atoms with Gasteiger partial charge in [0.1, 0.15) is 5.60 Å². The number of imide groups is 1. The Labute approximate surface area is 104 Å². The third-order valence-electron chi connectivity index (χ3n) is 1.94. The van der Waals surface area contributed by atoms with Gasteiger partial charge in [0, 0.05) is 5.75 Å². The summed E-state index contributed by atoms with van der Waals surface area (Å²) in [5, 5.41) is -0.491. The molecule has 0 saturated carbocycles. The van der Waals surface area contributed by atoms with Gasteiger partial charge in [-0.15, -0.1) is 0 Å². The highest BCUT2D eigenvalue weighted by molar-refractivity contribution is 8.14. The molecule has 1 rings (SSSR count). The van der Waals surface area contributed by atoms with Crippen molar-refractivity contribution in [1.29, 1.82) is 0 Å². The van der Waals surface area contributed by atoms with E-state index < -0.39 is 28.9 Å². The molecule has 0 radical (unpaired) electrons. The molecule has 0 aliphatic carbocycles. The second kappa shape index (κ2) is 4.95. The van der Waals surface area contributed by atoms with Gasteiger partial charge in [-0.2, -0.15) is 0 Å². The SMILES string of the molecule is COC(=O)C1CSC(=O)N1C(=O)OC(C)(C)C. The summed E-state index contributed by atoms with van der Waals surface area (Å²) in [7, 11) is 1.21. The van der Waals surface area contributed by atoms with Gasteiger partial charge in [0.15, 0.2) is 6.04 Å². The number of carbonyl (C=O) groups excluding carboxylic acids is 3. The molecule has 17 heavy (non-hydrogen) atoms. The Morgan fingerprint density at radius 1 is 1.41 bits per heavy atom. The van der Waals surface area contributed by atoms with Crippen LogP contribution in [0.25, 0.3) is 0 Å². The summed E-state index contributed by atoms with van der Waals surface area (Å²) in [5.74, 6) is -0.417. The molecular formula is C10H15NO5S. The minimum Gasteiger partial charge on any atom is -0.467 e. The molecule has 96 valence electrons. The number of rotatable bonds is 1. The average molecular weight is 261 g/mol. The summed E-state index contributed by atoms with van der Waals surface area (Å²) >= 11 is 0.897. The second-order valence-corrected chi connectivity index (χ2v) is 5.44. The van der Waals surface area contributed by atoms with Gasteiger partial charge in [-0.05, 0) is 20.8 Å². The van der Waals surface area contributed by atoms with Crippen LogP contribution in [0.4, 0.5) is 9.59 Å². The predicted octanol–water partition coefficient (Wildman–Crippen LogP) is 1.63. The number of carbonyl (C=O) groups is 3. The first-order chi connectivity index (χ1) is 7.76. The molecule has 0 aromatic rings. The summed E-state index contributed by atoms with van der Waals surface area (Å²) in [5.41, 5.74) is -0.717.